The van der Waals surface area contributed by atoms with Gasteiger partial charge in [-0.3, -0.25) is 9.79 Å². The fourth-order valence-corrected chi connectivity index (χ4v) is 4.76. The average Bonchev–Trinajstić information content (AvgIpc) is 3.76. The molecule has 1 aromatic rings. The minimum atomic E-state index is -3.82. The van der Waals surface area contributed by atoms with E-state index >= 15 is 0 Å². The Morgan fingerprint density at radius 2 is 1.59 bits per heavy atom. The minimum absolute atomic E-state index is 0.0399. The van der Waals surface area contributed by atoms with E-state index in [4.69, 9.17) is 4.84 Å². The van der Waals surface area contributed by atoms with Crippen molar-refractivity contribution in [1.29, 1.82) is 0 Å². The van der Waals surface area contributed by atoms with Crippen LogP contribution >= 0.6 is 0 Å². The van der Waals surface area contributed by atoms with Gasteiger partial charge in [-0.15, -0.1) is 4.40 Å². The normalized spacial score (nSPS) is 16.5. The zero-order valence-electron chi connectivity index (χ0n) is 28.0. The van der Waals surface area contributed by atoms with Crippen LogP contribution in [0, 0.1) is 23.7 Å². The highest BCUT2D eigenvalue weighted by molar-refractivity contribution is 7.90. The summed E-state index contributed by atoms with van der Waals surface area (Å²) in [4.78, 5) is 39.1. The summed E-state index contributed by atoms with van der Waals surface area (Å²) in [5.41, 5.74) is 7.19. The standard InChI is InChI=1S/C14H19NO4S.C6H10N2O.C6H10N2.C4H8N2O2S/c1-10(2)14(17)15-20(18,19)13-8-6-12(7-9-13)5-4-11(3)16;1-4(2)6-7-5(3)9-8-6;1-5(2)6-3-7-4-8-6;1-3(2)4-5-8-9(7)6-4/h6-10H,4-5H2,1-3H3,(H,15,17);4H,3H2,1-2H3,(H,7,8);4-5H,3H2,1-2H3;3H,1-2H3,(H,5,6). The largest absolute Gasteiger partial charge is 0.361 e. The minimum Gasteiger partial charge on any atom is -0.361 e. The Bertz CT molecular complexity index is 1410. The van der Waals surface area contributed by atoms with Crippen molar-refractivity contribution in [2.45, 2.75) is 80.1 Å². The summed E-state index contributed by atoms with van der Waals surface area (Å²) in [6, 6.07) is 6.17. The number of benzene rings is 1. The maximum Gasteiger partial charge on any atom is 0.309 e. The molecule has 0 bridgehead atoms. The van der Waals surface area contributed by atoms with Crippen LogP contribution in [-0.4, -0.2) is 54.6 Å². The predicted molar refractivity (Wildman–Crippen MR) is 182 cm³/mol. The van der Waals surface area contributed by atoms with Crippen LogP contribution in [0.1, 0.15) is 74.3 Å². The van der Waals surface area contributed by atoms with Gasteiger partial charge in [0, 0.05) is 29.9 Å². The van der Waals surface area contributed by atoms with E-state index in [0.29, 0.717) is 36.4 Å². The van der Waals surface area contributed by atoms with Gasteiger partial charge < -0.3 is 9.63 Å². The van der Waals surface area contributed by atoms with Gasteiger partial charge in [-0.2, -0.15) is 9.28 Å². The average molecular weight is 682 g/mol. The summed E-state index contributed by atoms with van der Waals surface area (Å²) in [6.07, 6.45) is 2.64. The lowest BCUT2D eigenvalue weighted by atomic mass is 10.1. The van der Waals surface area contributed by atoms with Gasteiger partial charge in [0.1, 0.15) is 23.8 Å². The molecular formula is C30H47N7O7S2. The molecule has 3 N–H and O–H groups in total. The number of aryl methyl sites for hydroxylation is 1. The first-order valence-corrected chi connectivity index (χ1v) is 17.3. The van der Waals surface area contributed by atoms with Crippen molar-refractivity contribution in [2.24, 2.45) is 43.0 Å². The van der Waals surface area contributed by atoms with Crippen molar-refractivity contribution >= 4 is 56.7 Å². The van der Waals surface area contributed by atoms with E-state index in [1.165, 1.54) is 24.8 Å². The molecule has 3 aliphatic heterocycles. The number of carbonyl (C=O) groups excluding carboxylic acids is 2. The molecule has 4 rings (SSSR count). The summed E-state index contributed by atoms with van der Waals surface area (Å²) >= 11 is -1.50. The lowest BCUT2D eigenvalue weighted by molar-refractivity contribution is -0.122. The Kier molecular flexibility index (Phi) is 17.2. The molecule has 0 fully saturated rings. The van der Waals surface area contributed by atoms with E-state index < -0.39 is 33.1 Å². The third kappa shape index (κ3) is 15.5. The number of sulfonamides is 1. The van der Waals surface area contributed by atoms with E-state index in [0.717, 1.165) is 17.9 Å². The van der Waals surface area contributed by atoms with Crippen LogP contribution in [0.4, 0.5) is 0 Å². The van der Waals surface area contributed by atoms with Crippen LogP contribution in [-0.2, 0) is 46.4 Å². The number of aliphatic imine (C=N–C) groups is 3. The summed E-state index contributed by atoms with van der Waals surface area (Å²) in [7, 11) is -3.82. The molecule has 0 radical (unpaired) electrons. The Labute approximate surface area is 275 Å². The molecule has 1 unspecified atom stereocenters. The SMILES string of the molecule is C=C1N=C(C(C)C)NO1.CC(=O)CCc1ccc(S(=O)(=O)NC(=O)C(C)C)cc1.CC(C)C1=NC=NC1.CC(C)C1=NS(=O)ON1. The number of amidine groups is 2. The number of carbonyl (C=O) groups is 2. The number of rotatable bonds is 9. The highest BCUT2D eigenvalue weighted by atomic mass is 32.2. The zero-order chi connectivity index (χ0) is 35.0. The summed E-state index contributed by atoms with van der Waals surface area (Å²) in [5.74, 6) is 2.28. The van der Waals surface area contributed by atoms with Gasteiger partial charge in [-0.25, -0.2) is 33.3 Å². The predicted octanol–water partition coefficient (Wildman–Crippen LogP) is 4.00. The van der Waals surface area contributed by atoms with Crippen molar-refractivity contribution in [1.82, 2.24) is 15.7 Å². The van der Waals surface area contributed by atoms with E-state index in [1.54, 1.807) is 32.3 Å². The molecular weight excluding hydrogens is 635 g/mol. The van der Waals surface area contributed by atoms with Crippen LogP contribution in [0.15, 0.2) is 61.0 Å². The van der Waals surface area contributed by atoms with E-state index in [2.05, 4.69) is 55.0 Å². The smallest absolute Gasteiger partial charge is 0.309 e. The second-order valence-corrected chi connectivity index (χ2v) is 14.0. The number of amides is 1. The van der Waals surface area contributed by atoms with Gasteiger partial charge in [0.05, 0.1) is 11.4 Å². The van der Waals surface area contributed by atoms with Crippen molar-refractivity contribution in [2.75, 3.05) is 6.54 Å². The Balaban J connectivity index is 0.000000337. The first-order valence-electron chi connectivity index (χ1n) is 14.8. The fraction of sp³-hybridized carbons (Fsp3) is 0.533. The van der Waals surface area contributed by atoms with Crippen LogP contribution in [0.5, 0.6) is 0 Å². The van der Waals surface area contributed by atoms with Crippen LogP contribution < -0.4 is 15.7 Å². The number of nitrogens with one attached hydrogen (secondary N) is 3. The van der Waals surface area contributed by atoms with E-state index in [-0.39, 0.29) is 16.6 Å². The Morgan fingerprint density at radius 1 is 0.978 bits per heavy atom. The second kappa shape index (κ2) is 19.7. The summed E-state index contributed by atoms with van der Waals surface area (Å²) in [6.45, 7) is 21.3. The van der Waals surface area contributed by atoms with Gasteiger partial charge in [0.2, 0.25) is 11.8 Å². The number of nitrogens with zero attached hydrogens (tertiary/aromatic N) is 4. The lowest BCUT2D eigenvalue weighted by Crippen LogP contribution is -2.33. The monoisotopic (exact) mass is 681 g/mol. The van der Waals surface area contributed by atoms with Crippen LogP contribution in [0.2, 0.25) is 0 Å². The molecule has 0 aliphatic carbocycles. The number of hydrogen-bond donors (Lipinski definition) is 3. The number of Topliss-reactive ketones (excluding diaryl/α,β-unsaturated/α-hetero) is 1. The van der Waals surface area contributed by atoms with Gasteiger partial charge in [-0.05, 0) is 43.5 Å². The van der Waals surface area contributed by atoms with Gasteiger partial charge in [0.25, 0.3) is 10.0 Å². The van der Waals surface area contributed by atoms with Gasteiger partial charge in [0.15, 0.2) is 0 Å². The third-order valence-corrected chi connectivity index (χ3v) is 7.92. The molecule has 3 aliphatic rings. The lowest BCUT2D eigenvalue weighted by Gasteiger charge is -2.09. The van der Waals surface area contributed by atoms with Crippen molar-refractivity contribution in [3.05, 3.63) is 42.3 Å². The molecule has 1 atom stereocenters. The molecule has 0 saturated heterocycles. The number of ketones is 1. The van der Waals surface area contributed by atoms with Crippen LogP contribution in [0.3, 0.4) is 0 Å². The molecule has 14 nitrogen and oxygen atoms in total. The van der Waals surface area contributed by atoms with Crippen molar-refractivity contribution in [3.63, 3.8) is 0 Å². The molecule has 1 aromatic carbocycles. The topological polar surface area (TPSA) is 189 Å². The zero-order valence-corrected chi connectivity index (χ0v) is 29.6. The Morgan fingerprint density at radius 3 is 1.91 bits per heavy atom. The summed E-state index contributed by atoms with van der Waals surface area (Å²) in [5, 5.41) is 0. The molecule has 0 aromatic heterocycles. The molecule has 0 saturated carbocycles. The van der Waals surface area contributed by atoms with Crippen molar-refractivity contribution in [3.8, 4) is 0 Å². The molecule has 1 amide bonds. The van der Waals surface area contributed by atoms with E-state index in [9.17, 15) is 22.2 Å². The van der Waals surface area contributed by atoms with Crippen molar-refractivity contribution < 1.29 is 31.3 Å². The molecule has 0 spiro atoms. The summed E-state index contributed by atoms with van der Waals surface area (Å²) < 4.78 is 44.4. The second-order valence-electron chi connectivity index (χ2n) is 11.5. The maximum absolute atomic E-state index is 11.9. The first kappa shape index (κ1) is 40.3. The quantitative estimate of drug-likeness (QED) is 0.346. The first-order chi connectivity index (χ1) is 21.4. The van der Waals surface area contributed by atoms with Gasteiger partial charge >= 0.3 is 11.3 Å². The Hall–Kier alpha value is -3.76. The molecule has 256 valence electrons. The highest BCUT2D eigenvalue weighted by Gasteiger charge is 2.19. The third-order valence-electron chi connectivity index (χ3n) is 5.99. The molecule has 46 heavy (non-hydrogen) atoms. The fourth-order valence-electron chi connectivity index (χ4n) is 3.04. The number of hydroxylamine groups is 2. The highest BCUT2D eigenvalue weighted by Crippen LogP contribution is 2.13. The number of hydrogen-bond acceptors (Lipinski definition) is 12. The van der Waals surface area contributed by atoms with E-state index in [1.807, 2.05) is 32.4 Å². The van der Waals surface area contributed by atoms with Crippen LogP contribution in [0.25, 0.3) is 0 Å². The van der Waals surface area contributed by atoms with Gasteiger partial charge in [-0.1, -0.05) is 67.5 Å². The molecule has 16 heteroatoms. The maximum atomic E-state index is 11.9. The molecule has 3 heterocycles.